The topological polar surface area (TPSA) is 49.7 Å². The maximum atomic E-state index is 10.5. The molecule has 0 saturated carbocycles. The third-order valence-electron chi connectivity index (χ3n) is 4.84. The summed E-state index contributed by atoms with van der Waals surface area (Å²) in [7, 11) is 0. The number of phenols is 2. The fourth-order valence-corrected chi connectivity index (χ4v) is 4.77. The Balaban J connectivity index is 2.06. The Labute approximate surface area is 219 Å². The summed E-state index contributed by atoms with van der Waals surface area (Å²) in [6, 6.07) is 17.9. The van der Waals surface area contributed by atoms with Crippen LogP contribution in [0.25, 0.3) is 22.3 Å². The smallest absolute Gasteiger partial charge is 0.159 e. The molecule has 0 aliphatic heterocycles. The van der Waals surface area contributed by atoms with Crippen LogP contribution in [0.15, 0.2) is 60.7 Å². The Kier molecular flexibility index (Phi) is 7.11. The van der Waals surface area contributed by atoms with Gasteiger partial charge in [0, 0.05) is 11.1 Å². The van der Waals surface area contributed by atoms with E-state index in [1.807, 2.05) is 12.1 Å². The molecule has 0 fully saturated rings. The highest BCUT2D eigenvalue weighted by atomic mass is 35.5. The molecule has 3 nitrogen and oxygen atoms in total. The molecule has 168 valence electrons. The first kappa shape index (κ1) is 24.2. The first-order valence-electron chi connectivity index (χ1n) is 9.31. The Morgan fingerprint density at radius 2 is 0.788 bits per heavy atom. The second-order valence-corrected chi connectivity index (χ2v) is 9.09. The highest BCUT2D eigenvalue weighted by molar-refractivity contribution is 6.48. The molecule has 0 amide bonds. The van der Waals surface area contributed by atoms with Gasteiger partial charge in [-0.3, -0.25) is 0 Å². The van der Waals surface area contributed by atoms with Gasteiger partial charge in [-0.2, -0.15) is 0 Å². The second-order valence-electron chi connectivity index (χ2n) is 6.82. The van der Waals surface area contributed by atoms with Crippen molar-refractivity contribution in [1.29, 1.82) is 0 Å². The number of hydrogen-bond donors (Lipinski definition) is 2. The molecule has 33 heavy (non-hydrogen) atoms. The summed E-state index contributed by atoms with van der Waals surface area (Å²) in [6.45, 7) is 0. The van der Waals surface area contributed by atoms with Crippen LogP contribution in [-0.2, 0) is 0 Å². The highest BCUT2D eigenvalue weighted by Crippen LogP contribution is 2.57. The second kappa shape index (κ2) is 9.71. The van der Waals surface area contributed by atoms with Gasteiger partial charge in [0.25, 0.3) is 0 Å². The van der Waals surface area contributed by atoms with Crippen LogP contribution in [0.3, 0.4) is 0 Å². The van der Waals surface area contributed by atoms with Crippen molar-refractivity contribution in [2.75, 3.05) is 0 Å². The summed E-state index contributed by atoms with van der Waals surface area (Å²) in [5.41, 5.74) is 1.85. The summed E-state index contributed by atoms with van der Waals surface area (Å²) in [5, 5.41) is 20.3. The van der Waals surface area contributed by atoms with Crippen molar-refractivity contribution in [2.24, 2.45) is 0 Å². The molecule has 4 rings (SSSR count). The predicted octanol–water partition coefficient (Wildman–Crippen LogP) is 10.1. The van der Waals surface area contributed by atoms with Gasteiger partial charge in [-0.25, -0.2) is 0 Å². The van der Waals surface area contributed by atoms with Crippen LogP contribution in [0.4, 0.5) is 0 Å². The molecule has 0 aromatic heterocycles. The van der Waals surface area contributed by atoms with Crippen LogP contribution < -0.4 is 4.74 Å². The normalized spacial score (nSPS) is 11.0. The summed E-state index contributed by atoms with van der Waals surface area (Å²) in [4.78, 5) is 0. The Bertz CT molecular complexity index is 1250. The van der Waals surface area contributed by atoms with Gasteiger partial charge in [0.1, 0.15) is 20.1 Å². The molecule has 0 heterocycles. The van der Waals surface area contributed by atoms with Crippen molar-refractivity contribution >= 4 is 69.6 Å². The summed E-state index contributed by atoms with van der Waals surface area (Å²) < 4.78 is 6.17. The number of benzene rings is 4. The van der Waals surface area contributed by atoms with E-state index in [0.717, 1.165) is 0 Å². The van der Waals surface area contributed by atoms with Gasteiger partial charge in [0.15, 0.2) is 23.0 Å². The number of halogens is 6. The van der Waals surface area contributed by atoms with Gasteiger partial charge >= 0.3 is 0 Å². The molecule has 0 saturated heterocycles. The van der Waals surface area contributed by atoms with Crippen molar-refractivity contribution in [3.8, 4) is 45.3 Å². The number of ether oxygens (including phenoxy) is 1. The van der Waals surface area contributed by atoms with Crippen molar-refractivity contribution in [3.63, 3.8) is 0 Å². The third-order valence-corrected chi connectivity index (χ3v) is 7.22. The van der Waals surface area contributed by atoms with Crippen molar-refractivity contribution < 1.29 is 14.9 Å². The number of phenolic OH excluding ortho intramolecular Hbond substituents is 2. The average Bonchev–Trinajstić information content (AvgIpc) is 2.84. The van der Waals surface area contributed by atoms with E-state index in [4.69, 9.17) is 74.3 Å². The monoisotopic (exact) mass is 558 g/mol. The third kappa shape index (κ3) is 4.30. The van der Waals surface area contributed by atoms with Crippen LogP contribution in [0.5, 0.6) is 23.0 Å². The minimum atomic E-state index is -0.473. The standard InChI is InChI=1S/C24H12Cl6O3/c25-15-13(11-7-3-1-4-8-11)23(19(29)21(31)17(15)27)33-24-14(12-9-5-2-6-10-12)16(26)18(28)22(32)20(24)30/h1-10,31-32H. The Hall–Kier alpha value is -1.98. The quantitative estimate of drug-likeness (QED) is 0.244. The molecular formula is C24H12Cl6O3. The molecule has 4 aromatic carbocycles. The molecule has 9 heteroatoms. The first-order valence-corrected chi connectivity index (χ1v) is 11.6. The lowest BCUT2D eigenvalue weighted by atomic mass is 10.0. The molecule has 0 spiro atoms. The van der Waals surface area contributed by atoms with E-state index < -0.39 is 11.5 Å². The van der Waals surface area contributed by atoms with Crippen LogP contribution in [0.2, 0.25) is 30.1 Å². The van der Waals surface area contributed by atoms with Crippen LogP contribution in [-0.4, -0.2) is 10.2 Å². The number of aromatic hydroxyl groups is 2. The van der Waals surface area contributed by atoms with E-state index in [9.17, 15) is 10.2 Å². The predicted molar refractivity (Wildman–Crippen MR) is 137 cm³/mol. The zero-order chi connectivity index (χ0) is 23.9. The highest BCUT2D eigenvalue weighted by Gasteiger charge is 2.29. The van der Waals surface area contributed by atoms with Gasteiger partial charge in [-0.1, -0.05) is 130 Å². The molecule has 0 aliphatic rings. The molecule has 0 bridgehead atoms. The fourth-order valence-electron chi connectivity index (χ4n) is 3.27. The minimum absolute atomic E-state index is 0.0152. The fraction of sp³-hybridized carbons (Fsp3) is 0. The molecule has 0 atom stereocenters. The Morgan fingerprint density at radius 1 is 0.455 bits per heavy atom. The Morgan fingerprint density at radius 3 is 1.12 bits per heavy atom. The molecule has 0 radical (unpaired) electrons. The van der Waals surface area contributed by atoms with E-state index in [1.54, 1.807) is 48.5 Å². The van der Waals surface area contributed by atoms with Gasteiger partial charge < -0.3 is 14.9 Å². The maximum Gasteiger partial charge on any atom is 0.159 e. The van der Waals surface area contributed by atoms with Crippen LogP contribution >= 0.6 is 69.6 Å². The van der Waals surface area contributed by atoms with Crippen LogP contribution in [0, 0.1) is 0 Å². The minimum Gasteiger partial charge on any atom is -0.505 e. The van der Waals surface area contributed by atoms with E-state index in [0.29, 0.717) is 22.3 Å². The van der Waals surface area contributed by atoms with Crippen molar-refractivity contribution in [1.82, 2.24) is 0 Å². The van der Waals surface area contributed by atoms with Crippen LogP contribution in [0.1, 0.15) is 0 Å². The van der Waals surface area contributed by atoms with Gasteiger partial charge in [-0.15, -0.1) is 0 Å². The first-order chi connectivity index (χ1) is 15.7. The lowest BCUT2D eigenvalue weighted by Gasteiger charge is -2.21. The van der Waals surface area contributed by atoms with E-state index in [-0.39, 0.29) is 41.6 Å². The largest absolute Gasteiger partial charge is 0.505 e. The zero-order valence-corrected chi connectivity index (χ0v) is 20.9. The number of rotatable bonds is 4. The van der Waals surface area contributed by atoms with Gasteiger partial charge in [0.2, 0.25) is 0 Å². The molecule has 2 N–H and O–H groups in total. The van der Waals surface area contributed by atoms with Gasteiger partial charge in [-0.05, 0) is 11.1 Å². The number of hydrogen-bond acceptors (Lipinski definition) is 3. The van der Waals surface area contributed by atoms with E-state index >= 15 is 0 Å². The molecular weight excluding hydrogens is 549 g/mol. The van der Waals surface area contributed by atoms with Crippen molar-refractivity contribution in [2.45, 2.75) is 0 Å². The lowest BCUT2D eigenvalue weighted by molar-refractivity contribution is 0.449. The summed E-state index contributed by atoms with van der Waals surface area (Å²) in [5.74, 6) is -1.02. The van der Waals surface area contributed by atoms with E-state index in [2.05, 4.69) is 0 Å². The van der Waals surface area contributed by atoms with E-state index in [1.165, 1.54) is 0 Å². The summed E-state index contributed by atoms with van der Waals surface area (Å²) in [6.07, 6.45) is 0. The zero-order valence-electron chi connectivity index (χ0n) is 16.3. The lowest BCUT2D eigenvalue weighted by Crippen LogP contribution is -1.97. The molecule has 0 unspecified atom stereocenters. The SMILES string of the molecule is Oc1c(Cl)c(Cl)c(-c2ccccc2)c(Oc2c(Cl)c(O)c(Cl)c(Cl)c2-c2ccccc2)c1Cl. The van der Waals surface area contributed by atoms with Crippen molar-refractivity contribution in [3.05, 3.63) is 90.8 Å². The average molecular weight is 561 g/mol. The maximum absolute atomic E-state index is 10.5. The molecule has 4 aromatic rings. The van der Waals surface area contributed by atoms with Gasteiger partial charge in [0.05, 0.1) is 10.0 Å². The summed E-state index contributed by atoms with van der Waals surface area (Å²) >= 11 is 38.3. The molecule has 0 aliphatic carbocycles.